The lowest BCUT2D eigenvalue weighted by Crippen LogP contribution is -2.42. The van der Waals surface area contributed by atoms with Crippen LogP contribution in [-0.2, 0) is 27.9 Å². The van der Waals surface area contributed by atoms with Crippen LogP contribution in [0.5, 0.6) is 0 Å². The molecule has 1 fully saturated rings. The topological polar surface area (TPSA) is 185 Å². The van der Waals surface area contributed by atoms with E-state index in [4.69, 9.17) is 23.1 Å². The van der Waals surface area contributed by atoms with Gasteiger partial charge in [-0.1, -0.05) is 0 Å². The van der Waals surface area contributed by atoms with E-state index in [1.807, 2.05) is 27.7 Å². The summed E-state index contributed by atoms with van der Waals surface area (Å²) in [5.74, 6) is -0.581. The Morgan fingerprint density at radius 3 is 2.13 bits per heavy atom. The Balaban J connectivity index is 2.30. The highest BCUT2D eigenvalue weighted by atomic mass is 28.3. The number of carbonyl (C=O) groups is 2. The summed E-state index contributed by atoms with van der Waals surface area (Å²) in [4.78, 5) is 24.6. The fraction of sp³-hybridized carbons (Fsp3) is 0.917. The van der Waals surface area contributed by atoms with E-state index >= 15 is 0 Å². The Bertz CT molecular complexity index is 707. The van der Waals surface area contributed by atoms with E-state index in [9.17, 15) is 30.0 Å². The summed E-state index contributed by atoms with van der Waals surface area (Å²) >= 11 is 0. The maximum atomic E-state index is 12.5. The van der Waals surface area contributed by atoms with Gasteiger partial charge in [0, 0.05) is 39.0 Å². The Hall–Kier alpha value is -1.36. The lowest BCUT2D eigenvalue weighted by atomic mass is 9.90. The number of hydrogen-bond donors (Lipinski definition) is 6. The first kappa shape index (κ1) is 34.7. The van der Waals surface area contributed by atoms with Crippen molar-refractivity contribution >= 4 is 21.3 Å². The standard InChI is InChI=1S/C24H47N2O11Si/c1-7-35-38(36-8-2)14-12-26-22(32)25-11-9-24(5,6)34-13-10-23(3,4)21(31)33-15-16(27)19-17(28)18(29)20(30)37-19/h16-20,27-30H,7-15H2,1-6H3,(H2,25,26,32)/t16?,17?,18?,19-,20+/m1/s1. The summed E-state index contributed by atoms with van der Waals surface area (Å²) in [6, 6.07) is 0.370. The Kier molecular flexibility index (Phi) is 15.2. The highest BCUT2D eigenvalue weighted by molar-refractivity contribution is 6.44. The molecule has 0 aliphatic carbocycles. The molecule has 6 N–H and O–H groups in total. The van der Waals surface area contributed by atoms with Crippen molar-refractivity contribution < 1.29 is 53.1 Å². The first-order valence-electron chi connectivity index (χ1n) is 13.1. The maximum Gasteiger partial charge on any atom is 0.386 e. The van der Waals surface area contributed by atoms with Gasteiger partial charge in [-0.05, 0) is 54.4 Å². The molecule has 0 saturated carbocycles. The van der Waals surface area contributed by atoms with Gasteiger partial charge in [0.25, 0.3) is 0 Å². The molecule has 1 saturated heterocycles. The van der Waals surface area contributed by atoms with Crippen LogP contribution in [0, 0.1) is 5.41 Å². The second-order valence-electron chi connectivity index (χ2n) is 10.3. The first-order valence-corrected chi connectivity index (χ1v) is 14.6. The molecule has 1 aliphatic heterocycles. The minimum Gasteiger partial charge on any atom is -0.462 e. The van der Waals surface area contributed by atoms with Crippen LogP contribution < -0.4 is 10.6 Å². The van der Waals surface area contributed by atoms with Crippen LogP contribution in [-0.4, -0.2) is 118 Å². The van der Waals surface area contributed by atoms with Crippen LogP contribution in [0.4, 0.5) is 4.79 Å². The quantitative estimate of drug-likeness (QED) is 0.0951. The highest BCUT2D eigenvalue weighted by Gasteiger charge is 2.45. The molecule has 3 unspecified atom stereocenters. The Labute approximate surface area is 227 Å². The minimum atomic E-state index is -1.62. The van der Waals surface area contributed by atoms with E-state index in [-0.39, 0.29) is 12.6 Å². The van der Waals surface area contributed by atoms with E-state index in [0.717, 1.165) is 0 Å². The molecule has 2 amide bonds. The van der Waals surface area contributed by atoms with Crippen molar-refractivity contribution in [2.75, 3.05) is 39.5 Å². The molecule has 0 spiro atoms. The molecular weight excluding hydrogens is 520 g/mol. The van der Waals surface area contributed by atoms with Crippen LogP contribution in [0.3, 0.4) is 0 Å². The molecule has 0 aromatic heterocycles. The van der Waals surface area contributed by atoms with E-state index in [0.29, 0.717) is 45.2 Å². The van der Waals surface area contributed by atoms with Crippen LogP contribution in [0.15, 0.2) is 0 Å². The molecule has 0 aromatic rings. The third-order valence-electron chi connectivity index (χ3n) is 6.05. The normalized spacial score (nSPS) is 22.9. The van der Waals surface area contributed by atoms with Gasteiger partial charge in [0.15, 0.2) is 6.29 Å². The molecule has 1 radical (unpaired) electrons. The van der Waals surface area contributed by atoms with Crippen molar-refractivity contribution in [1.82, 2.24) is 10.6 Å². The highest BCUT2D eigenvalue weighted by Crippen LogP contribution is 2.26. The molecule has 38 heavy (non-hydrogen) atoms. The van der Waals surface area contributed by atoms with Crippen LogP contribution >= 0.6 is 0 Å². The van der Waals surface area contributed by atoms with Gasteiger partial charge in [0.05, 0.1) is 11.0 Å². The van der Waals surface area contributed by atoms with Crippen molar-refractivity contribution in [3.63, 3.8) is 0 Å². The number of ether oxygens (including phenoxy) is 3. The molecule has 0 aromatic carbocycles. The van der Waals surface area contributed by atoms with Crippen LogP contribution in [0.1, 0.15) is 54.4 Å². The molecule has 5 atom stereocenters. The number of aliphatic hydroxyl groups excluding tert-OH is 4. The van der Waals surface area contributed by atoms with Gasteiger partial charge in [0.2, 0.25) is 0 Å². The number of rotatable bonds is 18. The lowest BCUT2D eigenvalue weighted by molar-refractivity contribution is -0.170. The van der Waals surface area contributed by atoms with Crippen LogP contribution in [0.25, 0.3) is 0 Å². The Morgan fingerprint density at radius 2 is 1.58 bits per heavy atom. The van der Waals surface area contributed by atoms with E-state index in [2.05, 4.69) is 10.6 Å². The van der Waals surface area contributed by atoms with Crippen LogP contribution in [0.2, 0.25) is 6.04 Å². The van der Waals surface area contributed by atoms with Gasteiger partial charge in [-0.15, -0.1) is 0 Å². The Morgan fingerprint density at radius 1 is 0.974 bits per heavy atom. The van der Waals surface area contributed by atoms with Gasteiger partial charge < -0.3 is 54.1 Å². The number of amides is 2. The smallest absolute Gasteiger partial charge is 0.386 e. The number of aliphatic hydroxyl groups is 4. The van der Waals surface area contributed by atoms with Crippen molar-refractivity contribution in [2.45, 2.75) is 96.7 Å². The summed E-state index contributed by atoms with van der Waals surface area (Å²) in [5.41, 5.74) is -1.48. The second-order valence-corrected chi connectivity index (χ2v) is 12.1. The van der Waals surface area contributed by atoms with Crippen molar-refractivity contribution in [2.24, 2.45) is 5.41 Å². The fourth-order valence-electron chi connectivity index (χ4n) is 3.54. The lowest BCUT2D eigenvalue weighted by Gasteiger charge is -2.29. The van der Waals surface area contributed by atoms with Crippen molar-refractivity contribution in [3.8, 4) is 0 Å². The summed E-state index contributed by atoms with van der Waals surface area (Å²) < 4.78 is 27.1. The SMILES string of the molecule is CCO[Si](CCNC(=O)NCCC(C)(C)OCCC(C)(C)C(=O)OCC(O)[C@H]1O[C@H](O)C(O)C1O)OCC. The summed E-state index contributed by atoms with van der Waals surface area (Å²) in [6.45, 7) is 12.8. The molecule has 0 bridgehead atoms. The van der Waals surface area contributed by atoms with Crippen molar-refractivity contribution in [1.29, 1.82) is 0 Å². The largest absolute Gasteiger partial charge is 0.462 e. The van der Waals surface area contributed by atoms with Gasteiger partial charge in [0.1, 0.15) is 31.0 Å². The third-order valence-corrected chi connectivity index (χ3v) is 7.93. The average molecular weight is 568 g/mol. The van der Waals surface area contributed by atoms with Gasteiger partial charge in [-0.3, -0.25) is 4.79 Å². The van der Waals surface area contributed by atoms with Crippen molar-refractivity contribution in [3.05, 3.63) is 0 Å². The number of nitrogens with one attached hydrogen (secondary N) is 2. The molecular formula is C24H47N2O11Si. The van der Waals surface area contributed by atoms with E-state index in [1.54, 1.807) is 13.8 Å². The zero-order valence-corrected chi connectivity index (χ0v) is 24.4. The number of esters is 1. The zero-order chi connectivity index (χ0) is 28.9. The maximum absolute atomic E-state index is 12.5. The predicted octanol–water partition coefficient (Wildman–Crippen LogP) is -0.208. The first-order chi connectivity index (χ1) is 17.7. The second kappa shape index (κ2) is 16.7. The number of hydrogen-bond acceptors (Lipinski definition) is 11. The molecule has 1 aliphatic rings. The van der Waals surface area contributed by atoms with Gasteiger partial charge in [-0.25, -0.2) is 4.79 Å². The number of carbonyl (C=O) groups excluding carboxylic acids is 2. The van der Waals surface area contributed by atoms with Gasteiger partial charge in [-0.2, -0.15) is 0 Å². The molecule has 223 valence electrons. The summed E-state index contributed by atoms with van der Waals surface area (Å²) in [5, 5.41) is 44.5. The minimum absolute atomic E-state index is 0.256. The summed E-state index contributed by atoms with van der Waals surface area (Å²) in [7, 11) is -1.37. The van der Waals surface area contributed by atoms with E-state index < -0.39 is 63.6 Å². The molecule has 1 rings (SSSR count). The average Bonchev–Trinajstić information content (AvgIpc) is 3.09. The monoisotopic (exact) mass is 567 g/mol. The molecule has 1 heterocycles. The predicted molar refractivity (Wildman–Crippen MR) is 138 cm³/mol. The van der Waals surface area contributed by atoms with E-state index in [1.165, 1.54) is 0 Å². The molecule has 14 heteroatoms. The molecule has 13 nitrogen and oxygen atoms in total. The number of urea groups is 1. The summed E-state index contributed by atoms with van der Waals surface area (Å²) in [6.07, 6.45) is -6.49. The third kappa shape index (κ3) is 12.2. The zero-order valence-electron chi connectivity index (χ0n) is 23.4. The fourth-order valence-corrected chi connectivity index (χ4v) is 4.88. The van der Waals surface area contributed by atoms with Gasteiger partial charge >= 0.3 is 21.3 Å².